The van der Waals surface area contributed by atoms with Crippen LogP contribution in [0.3, 0.4) is 0 Å². The number of esters is 2. The van der Waals surface area contributed by atoms with Gasteiger partial charge >= 0.3 is 11.9 Å². The van der Waals surface area contributed by atoms with Gasteiger partial charge in [-0.25, -0.2) is 14.6 Å². The fraction of sp³-hybridized carbons (Fsp3) is 0.238. The quantitative estimate of drug-likeness (QED) is 0.120. The molecule has 11 heteroatoms. The Kier molecular flexibility index (Phi) is 11.7. The van der Waals surface area contributed by atoms with E-state index in [0.717, 1.165) is 22.3 Å². The number of carbonyl (C=O) groups excluding carboxylic acids is 2. The highest BCUT2D eigenvalue weighted by molar-refractivity contribution is 9.10. The lowest BCUT2D eigenvalue weighted by Crippen LogP contribution is -2.40. The number of hydrogen-bond donors (Lipinski definition) is 0. The summed E-state index contributed by atoms with van der Waals surface area (Å²) in [6, 6.07) is 27.4. The minimum absolute atomic E-state index is 0.173. The van der Waals surface area contributed by atoms with Crippen molar-refractivity contribution in [3.05, 3.63) is 154 Å². The molecule has 53 heavy (non-hydrogen) atoms. The van der Waals surface area contributed by atoms with Gasteiger partial charge in [0, 0.05) is 5.56 Å². The number of carbonyl (C=O) groups is 2. The van der Waals surface area contributed by atoms with Gasteiger partial charge in [0.25, 0.3) is 5.56 Å². The molecule has 0 spiro atoms. The normalized spacial score (nSPS) is 14.1. The molecule has 1 aliphatic heterocycles. The van der Waals surface area contributed by atoms with Crippen LogP contribution in [0.2, 0.25) is 0 Å². The Hall–Kier alpha value is -5.26. The molecular formula is C42H39BrN2O7S. The molecule has 0 aliphatic carbocycles. The van der Waals surface area contributed by atoms with Crippen molar-refractivity contribution < 1.29 is 28.5 Å². The maximum Gasteiger partial charge on any atom is 0.338 e. The molecule has 0 bridgehead atoms. The van der Waals surface area contributed by atoms with Gasteiger partial charge in [0.05, 0.1) is 52.2 Å². The molecule has 2 heterocycles. The van der Waals surface area contributed by atoms with Crippen molar-refractivity contribution in [2.45, 2.75) is 46.3 Å². The summed E-state index contributed by atoms with van der Waals surface area (Å²) in [4.78, 5) is 45.7. The number of rotatable bonds is 12. The van der Waals surface area contributed by atoms with E-state index < -0.39 is 12.0 Å². The SMILES string of the molecule is CCOC(=O)C1=C(c2ccccc2)N=c2s/c(=C\c3cc(Br)c(OCc4ccc(C(=O)OCC)cc4)c(OC)c3)c(=O)n2[C@H]1c1ccc(C(C)C)cc1. The molecule has 0 unspecified atom stereocenters. The molecular weight excluding hydrogens is 756 g/mol. The fourth-order valence-electron chi connectivity index (χ4n) is 6.04. The number of thiazole rings is 1. The molecule has 0 saturated heterocycles. The Bertz CT molecular complexity index is 2350. The standard InChI is InChI=1S/C42H39BrN2O7S/c1-6-50-40(47)31-15-13-26(14-16-31)24-52-38-32(43)21-27(22-33(38)49-5)23-34-39(46)45-37(30-19-17-28(18-20-30)25(3)4)35(41(48)51-7-2)36(44-42(45)53-34)29-11-9-8-10-12-29/h8-23,25,37H,6-7,24H2,1-5H3/b34-23-/t37-/m0/s1. The molecule has 0 amide bonds. The average molecular weight is 796 g/mol. The zero-order valence-corrected chi connectivity index (χ0v) is 32.5. The second-order valence-corrected chi connectivity index (χ2v) is 14.4. The van der Waals surface area contributed by atoms with Crippen molar-refractivity contribution in [2.75, 3.05) is 20.3 Å². The minimum atomic E-state index is -0.771. The number of hydrogen-bond acceptors (Lipinski definition) is 9. The third-order valence-corrected chi connectivity index (χ3v) is 10.3. The van der Waals surface area contributed by atoms with Crippen molar-refractivity contribution in [2.24, 2.45) is 4.99 Å². The molecule has 1 aromatic heterocycles. The number of nitrogens with zero attached hydrogens (tertiary/aromatic N) is 2. The summed E-state index contributed by atoms with van der Waals surface area (Å²) in [5.74, 6) is 0.349. The average Bonchev–Trinajstić information content (AvgIpc) is 3.47. The molecule has 0 saturated carbocycles. The van der Waals surface area contributed by atoms with Crippen molar-refractivity contribution in [1.82, 2.24) is 4.57 Å². The van der Waals surface area contributed by atoms with Crippen molar-refractivity contribution in [1.29, 1.82) is 0 Å². The smallest absolute Gasteiger partial charge is 0.338 e. The third-order valence-electron chi connectivity index (χ3n) is 8.69. The topological polar surface area (TPSA) is 105 Å². The van der Waals surface area contributed by atoms with Crippen molar-refractivity contribution in [3.8, 4) is 11.5 Å². The minimum Gasteiger partial charge on any atom is -0.493 e. The molecule has 9 nitrogen and oxygen atoms in total. The Morgan fingerprint density at radius 1 is 0.925 bits per heavy atom. The second kappa shape index (κ2) is 16.6. The van der Waals surface area contributed by atoms with E-state index in [1.807, 2.05) is 72.8 Å². The predicted octanol–water partition coefficient (Wildman–Crippen LogP) is 7.59. The number of methoxy groups -OCH3 is 1. The van der Waals surface area contributed by atoms with Gasteiger partial charge in [-0.05, 0) is 88.3 Å². The van der Waals surface area contributed by atoms with Crippen molar-refractivity contribution in [3.63, 3.8) is 0 Å². The Morgan fingerprint density at radius 3 is 2.25 bits per heavy atom. The lowest BCUT2D eigenvalue weighted by Gasteiger charge is -2.26. The van der Waals surface area contributed by atoms with Gasteiger partial charge < -0.3 is 18.9 Å². The van der Waals surface area contributed by atoms with Crippen LogP contribution in [0.4, 0.5) is 0 Å². The molecule has 0 radical (unpaired) electrons. The predicted molar refractivity (Wildman–Crippen MR) is 209 cm³/mol. The Balaban J connectivity index is 1.42. The zero-order chi connectivity index (χ0) is 37.6. The fourth-order valence-corrected chi connectivity index (χ4v) is 7.62. The van der Waals surface area contributed by atoms with E-state index in [2.05, 4.69) is 29.8 Å². The highest BCUT2D eigenvalue weighted by atomic mass is 79.9. The Morgan fingerprint density at radius 2 is 1.60 bits per heavy atom. The maximum atomic E-state index is 14.4. The van der Waals surface area contributed by atoms with E-state index in [9.17, 15) is 14.4 Å². The highest BCUT2D eigenvalue weighted by Gasteiger charge is 2.35. The van der Waals surface area contributed by atoms with Gasteiger partial charge in [0.15, 0.2) is 16.3 Å². The monoisotopic (exact) mass is 794 g/mol. The lowest BCUT2D eigenvalue weighted by atomic mass is 9.91. The van der Waals surface area contributed by atoms with E-state index in [4.69, 9.17) is 23.9 Å². The zero-order valence-electron chi connectivity index (χ0n) is 30.1. The molecule has 1 aliphatic rings. The van der Waals surface area contributed by atoms with Crippen LogP contribution in [0.5, 0.6) is 11.5 Å². The summed E-state index contributed by atoms with van der Waals surface area (Å²) >= 11 is 4.88. The number of benzene rings is 4. The van der Waals surface area contributed by atoms with Gasteiger partial charge in [0.2, 0.25) is 0 Å². The highest BCUT2D eigenvalue weighted by Crippen LogP contribution is 2.38. The first-order valence-electron chi connectivity index (χ1n) is 17.3. The van der Waals surface area contributed by atoms with E-state index in [-0.39, 0.29) is 24.7 Å². The van der Waals surface area contributed by atoms with Crippen LogP contribution in [0.1, 0.15) is 77.8 Å². The van der Waals surface area contributed by atoms with E-state index >= 15 is 0 Å². The number of fused-ring (bicyclic) bond motifs is 1. The summed E-state index contributed by atoms with van der Waals surface area (Å²) in [6.07, 6.45) is 1.78. The van der Waals surface area contributed by atoms with Gasteiger partial charge in [-0.3, -0.25) is 9.36 Å². The first kappa shape index (κ1) is 37.5. The molecule has 0 N–H and O–H groups in total. The molecule has 6 rings (SSSR count). The van der Waals surface area contributed by atoms with Crippen molar-refractivity contribution >= 4 is 51.0 Å². The largest absolute Gasteiger partial charge is 0.493 e. The molecule has 0 fully saturated rings. The van der Waals surface area contributed by atoms with E-state index in [1.165, 1.54) is 11.3 Å². The first-order valence-corrected chi connectivity index (χ1v) is 18.9. The Labute approximate surface area is 320 Å². The molecule has 4 aromatic carbocycles. The maximum absolute atomic E-state index is 14.4. The summed E-state index contributed by atoms with van der Waals surface area (Å²) in [5, 5.41) is 0. The number of ether oxygens (including phenoxy) is 4. The van der Waals surface area contributed by atoms with Crippen LogP contribution in [-0.4, -0.2) is 36.8 Å². The number of halogens is 1. The summed E-state index contributed by atoms with van der Waals surface area (Å²) in [7, 11) is 1.55. The lowest BCUT2D eigenvalue weighted by molar-refractivity contribution is -0.138. The van der Waals surface area contributed by atoms with Gasteiger partial charge in [-0.2, -0.15) is 0 Å². The van der Waals surface area contributed by atoms with Crippen LogP contribution < -0.4 is 24.4 Å². The third kappa shape index (κ3) is 8.06. The summed E-state index contributed by atoms with van der Waals surface area (Å²) < 4.78 is 25.2. The molecule has 1 atom stereocenters. The van der Waals surface area contributed by atoms with E-state index in [0.29, 0.717) is 60.2 Å². The van der Waals surface area contributed by atoms with Gasteiger partial charge in [0.1, 0.15) is 6.61 Å². The molecule has 5 aromatic rings. The van der Waals surface area contributed by atoms with Crippen LogP contribution >= 0.6 is 27.3 Å². The van der Waals surface area contributed by atoms with Crippen LogP contribution in [-0.2, 0) is 20.9 Å². The summed E-state index contributed by atoms with van der Waals surface area (Å²) in [5.41, 5.74) is 5.15. The van der Waals surface area contributed by atoms with E-state index in [1.54, 1.807) is 49.8 Å². The van der Waals surface area contributed by atoms with Crippen LogP contribution in [0.25, 0.3) is 11.8 Å². The number of aromatic nitrogens is 1. The first-order chi connectivity index (χ1) is 25.6. The summed E-state index contributed by atoms with van der Waals surface area (Å²) in [6.45, 7) is 8.47. The van der Waals surface area contributed by atoms with Gasteiger partial charge in [-0.1, -0.05) is 91.9 Å². The van der Waals surface area contributed by atoms with Crippen LogP contribution in [0.15, 0.2) is 111 Å². The molecule has 272 valence electrons. The second-order valence-electron chi connectivity index (χ2n) is 12.5. The van der Waals surface area contributed by atoms with Gasteiger partial charge in [-0.15, -0.1) is 0 Å². The van der Waals surface area contributed by atoms with Crippen LogP contribution in [0, 0.1) is 0 Å².